The molecule has 0 bridgehead atoms. The highest BCUT2D eigenvalue weighted by molar-refractivity contribution is 14.1. The van der Waals surface area contributed by atoms with Gasteiger partial charge in [-0.2, -0.15) is 0 Å². The summed E-state index contributed by atoms with van der Waals surface area (Å²) in [6.07, 6.45) is 3.56. The Morgan fingerprint density at radius 1 is 1.00 bits per heavy atom. The molecule has 0 spiro atoms. The fourth-order valence-corrected chi connectivity index (χ4v) is 3.63. The molecule has 0 aliphatic heterocycles. The molecular formula is C23H16IN3O3. The second-order valence-corrected chi connectivity index (χ2v) is 7.94. The topological polar surface area (TPSA) is 78.0 Å². The highest BCUT2D eigenvalue weighted by atomic mass is 127. The Labute approximate surface area is 185 Å². The average molecular weight is 509 g/mol. The van der Waals surface area contributed by atoms with Gasteiger partial charge in [0, 0.05) is 15.7 Å². The van der Waals surface area contributed by atoms with Crippen LogP contribution in [0.1, 0.15) is 17.0 Å². The van der Waals surface area contributed by atoms with E-state index in [2.05, 4.69) is 22.6 Å². The molecule has 7 heteroatoms. The highest BCUT2D eigenvalue weighted by Gasteiger charge is 2.11. The minimum atomic E-state index is -0.433. The predicted octanol–water partition coefficient (Wildman–Crippen LogP) is 5.13. The van der Waals surface area contributed by atoms with Crippen molar-refractivity contribution >= 4 is 51.3 Å². The van der Waals surface area contributed by atoms with E-state index in [1.54, 1.807) is 28.9 Å². The first-order valence-electron chi connectivity index (χ1n) is 9.18. The van der Waals surface area contributed by atoms with Crippen molar-refractivity contribution in [1.82, 2.24) is 9.55 Å². The fourth-order valence-electron chi connectivity index (χ4n) is 3.13. The van der Waals surface area contributed by atoms with E-state index in [1.807, 2.05) is 48.5 Å². The number of nitro benzene ring substituents is 1. The van der Waals surface area contributed by atoms with Crippen LogP contribution in [0.4, 0.5) is 5.69 Å². The summed E-state index contributed by atoms with van der Waals surface area (Å²) < 4.78 is 2.62. The first kappa shape index (κ1) is 20.0. The van der Waals surface area contributed by atoms with Crippen molar-refractivity contribution in [3.8, 4) is 0 Å². The van der Waals surface area contributed by atoms with Crippen LogP contribution >= 0.6 is 22.6 Å². The third-order valence-corrected chi connectivity index (χ3v) is 5.33. The lowest BCUT2D eigenvalue weighted by Crippen LogP contribution is -2.24. The zero-order valence-corrected chi connectivity index (χ0v) is 17.9. The van der Waals surface area contributed by atoms with Crippen molar-refractivity contribution in [3.05, 3.63) is 114 Å². The standard InChI is InChI=1S/C23H16IN3O3/c24-18-9-12-21-20(14-18)23(28)26(15-17-4-2-1-3-5-17)22(25-21)13-8-16-6-10-19(11-7-16)27(29)30/h1-14H,15H2/b13-8+. The molecule has 1 aromatic heterocycles. The summed E-state index contributed by atoms with van der Waals surface area (Å²) in [5, 5.41) is 11.4. The van der Waals surface area contributed by atoms with Crippen LogP contribution in [0.3, 0.4) is 0 Å². The second kappa shape index (κ2) is 8.58. The number of benzene rings is 3. The van der Waals surface area contributed by atoms with Crippen LogP contribution in [-0.4, -0.2) is 14.5 Å². The fraction of sp³-hybridized carbons (Fsp3) is 0.0435. The van der Waals surface area contributed by atoms with Gasteiger partial charge in [0.05, 0.1) is 22.4 Å². The van der Waals surface area contributed by atoms with Crippen molar-refractivity contribution in [3.63, 3.8) is 0 Å². The number of fused-ring (bicyclic) bond motifs is 1. The summed E-state index contributed by atoms with van der Waals surface area (Å²) in [5.74, 6) is 0.524. The molecule has 4 aromatic rings. The average Bonchev–Trinajstić information content (AvgIpc) is 2.76. The lowest BCUT2D eigenvalue weighted by molar-refractivity contribution is -0.384. The van der Waals surface area contributed by atoms with Crippen LogP contribution in [0.25, 0.3) is 23.1 Å². The minimum Gasteiger partial charge on any atom is -0.288 e. The van der Waals surface area contributed by atoms with E-state index in [1.165, 1.54) is 12.1 Å². The normalized spacial score (nSPS) is 11.2. The quantitative estimate of drug-likeness (QED) is 0.212. The molecule has 0 radical (unpaired) electrons. The largest absolute Gasteiger partial charge is 0.288 e. The summed E-state index contributed by atoms with van der Waals surface area (Å²) >= 11 is 2.18. The molecule has 0 saturated heterocycles. The summed E-state index contributed by atoms with van der Waals surface area (Å²) in [5.41, 5.74) is 2.34. The molecule has 0 aliphatic carbocycles. The molecule has 30 heavy (non-hydrogen) atoms. The maximum atomic E-state index is 13.2. The van der Waals surface area contributed by atoms with Gasteiger partial charge in [-0.05, 0) is 70.1 Å². The SMILES string of the molecule is O=c1c2cc(I)ccc2nc(/C=C/c2ccc([N+](=O)[O-])cc2)n1Cc1ccccc1. The summed E-state index contributed by atoms with van der Waals surface area (Å²) in [6, 6.07) is 21.6. The molecule has 0 aliphatic rings. The summed E-state index contributed by atoms with van der Waals surface area (Å²) in [6.45, 7) is 0.397. The van der Waals surface area contributed by atoms with Gasteiger partial charge in [-0.25, -0.2) is 4.98 Å². The smallest absolute Gasteiger partial charge is 0.269 e. The van der Waals surface area contributed by atoms with Crippen molar-refractivity contribution in [2.75, 3.05) is 0 Å². The molecule has 0 unspecified atom stereocenters. The van der Waals surface area contributed by atoms with E-state index < -0.39 is 4.92 Å². The van der Waals surface area contributed by atoms with Crippen LogP contribution in [0.5, 0.6) is 0 Å². The van der Waals surface area contributed by atoms with E-state index in [4.69, 9.17) is 4.98 Å². The third-order valence-electron chi connectivity index (χ3n) is 4.66. The summed E-state index contributed by atoms with van der Waals surface area (Å²) in [4.78, 5) is 28.3. The maximum absolute atomic E-state index is 13.2. The van der Waals surface area contributed by atoms with Gasteiger partial charge in [-0.3, -0.25) is 19.5 Å². The Bertz CT molecular complexity index is 1310. The van der Waals surface area contributed by atoms with Crippen molar-refractivity contribution in [2.24, 2.45) is 0 Å². The van der Waals surface area contributed by atoms with E-state index in [0.29, 0.717) is 23.3 Å². The van der Waals surface area contributed by atoms with Gasteiger partial charge in [-0.1, -0.05) is 36.4 Å². The number of aromatic nitrogens is 2. The Morgan fingerprint density at radius 3 is 2.43 bits per heavy atom. The number of hydrogen-bond donors (Lipinski definition) is 0. The second-order valence-electron chi connectivity index (χ2n) is 6.69. The van der Waals surface area contributed by atoms with E-state index in [0.717, 1.165) is 14.7 Å². The highest BCUT2D eigenvalue weighted by Crippen LogP contribution is 2.17. The lowest BCUT2D eigenvalue weighted by Gasteiger charge is -2.12. The molecule has 3 aromatic carbocycles. The van der Waals surface area contributed by atoms with Crippen molar-refractivity contribution < 1.29 is 4.92 Å². The summed E-state index contributed by atoms with van der Waals surface area (Å²) in [7, 11) is 0. The first-order chi connectivity index (χ1) is 14.5. The number of halogens is 1. The predicted molar refractivity (Wildman–Crippen MR) is 126 cm³/mol. The molecule has 0 amide bonds. The molecule has 6 nitrogen and oxygen atoms in total. The first-order valence-corrected chi connectivity index (χ1v) is 10.3. The molecule has 148 valence electrons. The van der Waals surface area contributed by atoms with Crippen molar-refractivity contribution in [2.45, 2.75) is 6.54 Å². The van der Waals surface area contributed by atoms with Gasteiger partial charge in [0.1, 0.15) is 5.82 Å². The van der Waals surface area contributed by atoms with Crippen LogP contribution in [0.2, 0.25) is 0 Å². The van der Waals surface area contributed by atoms with E-state index >= 15 is 0 Å². The third kappa shape index (κ3) is 4.30. The number of rotatable bonds is 5. The monoisotopic (exact) mass is 509 g/mol. The molecule has 0 N–H and O–H groups in total. The van der Waals surface area contributed by atoms with Crippen LogP contribution in [-0.2, 0) is 6.54 Å². The Kier molecular flexibility index (Phi) is 5.71. The lowest BCUT2D eigenvalue weighted by atomic mass is 10.1. The van der Waals surface area contributed by atoms with Crippen LogP contribution in [0.15, 0.2) is 77.6 Å². The maximum Gasteiger partial charge on any atom is 0.269 e. The van der Waals surface area contributed by atoms with Crippen LogP contribution < -0.4 is 5.56 Å². The molecule has 0 atom stereocenters. The Hall–Kier alpha value is -3.33. The molecule has 4 rings (SSSR count). The number of nitrogens with zero attached hydrogens (tertiary/aromatic N) is 3. The van der Waals surface area contributed by atoms with Gasteiger partial charge in [0.2, 0.25) is 0 Å². The van der Waals surface area contributed by atoms with E-state index in [-0.39, 0.29) is 11.2 Å². The van der Waals surface area contributed by atoms with Crippen LogP contribution in [0, 0.1) is 13.7 Å². The zero-order valence-electron chi connectivity index (χ0n) is 15.7. The van der Waals surface area contributed by atoms with Gasteiger partial charge in [0.25, 0.3) is 11.2 Å². The minimum absolute atomic E-state index is 0.0339. The Morgan fingerprint density at radius 2 is 1.73 bits per heavy atom. The Balaban J connectivity index is 1.80. The van der Waals surface area contributed by atoms with Gasteiger partial charge >= 0.3 is 0 Å². The van der Waals surface area contributed by atoms with Gasteiger partial charge in [-0.15, -0.1) is 0 Å². The van der Waals surface area contributed by atoms with Gasteiger partial charge in [0.15, 0.2) is 0 Å². The zero-order chi connectivity index (χ0) is 21.1. The molecular weight excluding hydrogens is 493 g/mol. The molecule has 1 heterocycles. The molecule has 0 fully saturated rings. The van der Waals surface area contributed by atoms with E-state index in [9.17, 15) is 14.9 Å². The number of nitro groups is 1. The molecule has 0 saturated carbocycles. The number of non-ortho nitro benzene ring substituents is 1. The van der Waals surface area contributed by atoms with Crippen molar-refractivity contribution in [1.29, 1.82) is 0 Å². The van der Waals surface area contributed by atoms with Gasteiger partial charge < -0.3 is 0 Å². The number of hydrogen-bond acceptors (Lipinski definition) is 4.